The van der Waals surface area contributed by atoms with Gasteiger partial charge in [-0.25, -0.2) is 9.18 Å². The van der Waals surface area contributed by atoms with Crippen LogP contribution in [-0.4, -0.2) is 23.8 Å². The van der Waals surface area contributed by atoms with Crippen molar-refractivity contribution in [1.29, 1.82) is 0 Å². The number of urea groups is 1. The van der Waals surface area contributed by atoms with E-state index in [-0.39, 0.29) is 23.0 Å². The van der Waals surface area contributed by atoms with Gasteiger partial charge < -0.3 is 15.4 Å². The molecule has 118 valence electrons. The third kappa shape index (κ3) is 2.10. The molecule has 1 heterocycles. The van der Waals surface area contributed by atoms with Crippen LogP contribution in [0.2, 0.25) is 0 Å². The first-order chi connectivity index (χ1) is 10.4. The summed E-state index contributed by atoms with van der Waals surface area (Å²) in [6.45, 7) is 4.74. The van der Waals surface area contributed by atoms with Gasteiger partial charge in [-0.2, -0.15) is 0 Å². The summed E-state index contributed by atoms with van der Waals surface area (Å²) in [5.41, 5.74) is 0.767. The molecule has 22 heavy (non-hydrogen) atoms. The van der Waals surface area contributed by atoms with Gasteiger partial charge in [0.2, 0.25) is 0 Å². The summed E-state index contributed by atoms with van der Waals surface area (Å²) in [6.07, 6.45) is 3.02. The summed E-state index contributed by atoms with van der Waals surface area (Å²) in [5, 5.41) is 5.91. The van der Waals surface area contributed by atoms with Crippen molar-refractivity contribution in [3.8, 4) is 0 Å². The summed E-state index contributed by atoms with van der Waals surface area (Å²) in [4.78, 5) is 12.3. The van der Waals surface area contributed by atoms with Gasteiger partial charge in [-0.15, -0.1) is 0 Å². The standard InChI is InChI=1S/C17H21FN2O2/c1-16(2)17(8-11(17)9-22-16)20-15(21)19-12-5-6-14(18)13(7-12)10-3-4-10/h5-7,10-11H,3-4,8-9H2,1-2H3,(H2,19,20,21). The number of benzene rings is 1. The number of nitrogens with one attached hydrogen (secondary N) is 2. The molecular weight excluding hydrogens is 283 g/mol. The monoisotopic (exact) mass is 304 g/mol. The number of hydrogen-bond donors (Lipinski definition) is 2. The van der Waals surface area contributed by atoms with Crippen LogP contribution in [0.4, 0.5) is 14.9 Å². The highest BCUT2D eigenvalue weighted by molar-refractivity contribution is 5.90. The number of fused-ring (bicyclic) bond motifs is 1. The van der Waals surface area contributed by atoms with Crippen molar-refractivity contribution >= 4 is 11.7 Å². The fourth-order valence-electron chi connectivity index (χ4n) is 3.70. The van der Waals surface area contributed by atoms with E-state index < -0.39 is 0 Å². The molecule has 2 atom stereocenters. The zero-order valence-electron chi connectivity index (χ0n) is 12.9. The Morgan fingerprint density at radius 2 is 2.14 bits per heavy atom. The van der Waals surface area contributed by atoms with Gasteiger partial charge in [0.15, 0.2) is 0 Å². The molecule has 0 bridgehead atoms. The molecule has 2 amide bonds. The van der Waals surface area contributed by atoms with Gasteiger partial charge in [0, 0.05) is 11.6 Å². The van der Waals surface area contributed by atoms with Crippen LogP contribution in [-0.2, 0) is 4.74 Å². The van der Waals surface area contributed by atoms with Crippen LogP contribution in [0, 0.1) is 11.7 Å². The Bertz CT molecular complexity index is 642. The molecule has 2 aliphatic carbocycles. The first-order valence-electron chi connectivity index (χ1n) is 7.94. The maximum absolute atomic E-state index is 13.7. The third-order valence-electron chi connectivity index (χ3n) is 5.43. The van der Waals surface area contributed by atoms with Crippen molar-refractivity contribution < 1.29 is 13.9 Å². The number of carbonyl (C=O) groups excluding carboxylic acids is 1. The summed E-state index contributed by atoms with van der Waals surface area (Å²) >= 11 is 0. The van der Waals surface area contributed by atoms with Gasteiger partial charge in [0.05, 0.1) is 17.7 Å². The minimum atomic E-state index is -0.336. The highest BCUT2D eigenvalue weighted by atomic mass is 19.1. The summed E-state index contributed by atoms with van der Waals surface area (Å²) in [6, 6.07) is 4.56. The molecule has 4 nitrogen and oxygen atoms in total. The maximum atomic E-state index is 13.7. The van der Waals surface area contributed by atoms with E-state index in [1.807, 2.05) is 13.8 Å². The van der Waals surface area contributed by atoms with Gasteiger partial charge in [0.25, 0.3) is 0 Å². The zero-order valence-corrected chi connectivity index (χ0v) is 12.9. The second-order valence-corrected chi connectivity index (χ2v) is 7.28. The van der Waals surface area contributed by atoms with Gasteiger partial charge in [-0.1, -0.05) is 0 Å². The molecule has 1 saturated heterocycles. The third-order valence-corrected chi connectivity index (χ3v) is 5.43. The molecule has 1 aromatic carbocycles. The van der Waals surface area contributed by atoms with Crippen molar-refractivity contribution in [2.75, 3.05) is 11.9 Å². The average molecular weight is 304 g/mol. The molecule has 4 rings (SSSR count). The predicted molar refractivity (Wildman–Crippen MR) is 81.4 cm³/mol. The van der Waals surface area contributed by atoms with Crippen molar-refractivity contribution in [2.24, 2.45) is 5.92 Å². The molecule has 5 heteroatoms. The predicted octanol–water partition coefficient (Wildman–Crippen LogP) is 3.39. The highest BCUT2D eigenvalue weighted by Crippen LogP contribution is 2.57. The molecule has 0 radical (unpaired) electrons. The lowest BCUT2D eigenvalue weighted by Gasteiger charge is -2.31. The van der Waals surface area contributed by atoms with Crippen LogP contribution >= 0.6 is 0 Å². The molecule has 2 N–H and O–H groups in total. The highest BCUT2D eigenvalue weighted by Gasteiger charge is 2.69. The van der Waals surface area contributed by atoms with Crippen LogP contribution in [0.15, 0.2) is 18.2 Å². The Kier molecular flexibility index (Phi) is 2.83. The summed E-state index contributed by atoms with van der Waals surface area (Å²) < 4.78 is 19.5. The molecule has 0 spiro atoms. The van der Waals surface area contributed by atoms with Crippen molar-refractivity contribution in [3.05, 3.63) is 29.6 Å². The normalized spacial score (nSPS) is 31.5. The first kappa shape index (κ1) is 14.0. The summed E-state index contributed by atoms with van der Waals surface area (Å²) in [7, 11) is 0. The van der Waals surface area contributed by atoms with E-state index in [1.165, 1.54) is 6.07 Å². The van der Waals surface area contributed by atoms with Gasteiger partial charge in [0.1, 0.15) is 5.82 Å². The molecule has 2 unspecified atom stereocenters. The van der Waals surface area contributed by atoms with E-state index in [2.05, 4.69) is 10.6 Å². The van der Waals surface area contributed by atoms with Crippen molar-refractivity contribution in [3.63, 3.8) is 0 Å². The van der Waals surface area contributed by atoms with Gasteiger partial charge in [-0.05, 0) is 62.8 Å². The quantitative estimate of drug-likeness (QED) is 0.899. The number of anilines is 1. The lowest BCUT2D eigenvalue weighted by molar-refractivity contribution is -0.00667. The fraction of sp³-hybridized carbons (Fsp3) is 0.588. The Labute approximate surface area is 129 Å². The molecule has 3 aliphatic rings. The Hall–Kier alpha value is -1.62. The number of hydrogen-bond acceptors (Lipinski definition) is 2. The molecule has 2 saturated carbocycles. The first-order valence-corrected chi connectivity index (χ1v) is 7.94. The number of amides is 2. The maximum Gasteiger partial charge on any atom is 0.319 e. The molecular formula is C17H21FN2O2. The topological polar surface area (TPSA) is 50.4 Å². The number of rotatable bonds is 3. The summed E-state index contributed by atoms with van der Waals surface area (Å²) in [5.74, 6) is 0.543. The molecule has 1 aliphatic heterocycles. The SMILES string of the molecule is CC1(C)OCC2CC21NC(=O)Nc1ccc(F)c(C2CC2)c1. The lowest BCUT2D eigenvalue weighted by Crippen LogP contribution is -2.52. The Balaban J connectivity index is 1.46. The van der Waals surface area contributed by atoms with E-state index in [0.717, 1.165) is 19.3 Å². The van der Waals surface area contributed by atoms with Gasteiger partial charge >= 0.3 is 6.03 Å². The smallest absolute Gasteiger partial charge is 0.319 e. The van der Waals surface area contributed by atoms with Gasteiger partial charge in [-0.3, -0.25) is 0 Å². The fourth-order valence-corrected chi connectivity index (χ4v) is 3.70. The molecule has 0 aromatic heterocycles. The number of ether oxygens (including phenoxy) is 1. The van der Waals surface area contributed by atoms with E-state index in [0.29, 0.717) is 29.7 Å². The minimum absolute atomic E-state index is 0.181. The van der Waals surface area contributed by atoms with Crippen molar-refractivity contribution in [1.82, 2.24) is 5.32 Å². The van der Waals surface area contributed by atoms with Crippen LogP contribution < -0.4 is 10.6 Å². The van der Waals surface area contributed by atoms with Crippen LogP contribution in [0.1, 0.15) is 44.6 Å². The molecule has 3 fully saturated rings. The van der Waals surface area contributed by atoms with Crippen LogP contribution in [0.5, 0.6) is 0 Å². The van der Waals surface area contributed by atoms with Crippen LogP contribution in [0.25, 0.3) is 0 Å². The average Bonchev–Trinajstić information content (AvgIpc) is 3.33. The Morgan fingerprint density at radius 3 is 2.73 bits per heavy atom. The second-order valence-electron chi connectivity index (χ2n) is 7.28. The van der Waals surface area contributed by atoms with E-state index >= 15 is 0 Å². The number of carbonyl (C=O) groups is 1. The van der Waals surface area contributed by atoms with Crippen molar-refractivity contribution in [2.45, 2.75) is 50.2 Å². The Morgan fingerprint density at radius 1 is 1.36 bits per heavy atom. The zero-order chi connectivity index (χ0) is 15.5. The van der Waals surface area contributed by atoms with E-state index in [4.69, 9.17) is 4.74 Å². The second kappa shape index (κ2) is 4.44. The van der Waals surface area contributed by atoms with Crippen LogP contribution in [0.3, 0.4) is 0 Å². The lowest BCUT2D eigenvalue weighted by atomic mass is 9.96. The van der Waals surface area contributed by atoms with E-state index in [1.54, 1.807) is 12.1 Å². The molecule has 1 aromatic rings. The largest absolute Gasteiger partial charge is 0.373 e. The number of halogens is 1. The van der Waals surface area contributed by atoms with E-state index in [9.17, 15) is 9.18 Å². The minimum Gasteiger partial charge on any atom is -0.373 e.